The van der Waals surface area contributed by atoms with Gasteiger partial charge in [-0.2, -0.15) is 0 Å². The standard InChI is InChI=1S/C18H14ClFN4O/c1-9-4-5-12(13(19)6-9)18-21-10(2)17-23-22-16-14(20)7-11(25-3)8-15(16)24(17)18/h4-8H,1-3H3. The summed E-state index contributed by atoms with van der Waals surface area (Å²) in [5.74, 6) is 0.479. The second-order valence-electron chi connectivity index (χ2n) is 5.84. The summed E-state index contributed by atoms with van der Waals surface area (Å²) in [7, 11) is 1.49. The van der Waals surface area contributed by atoms with E-state index in [0.717, 1.165) is 11.1 Å². The maximum atomic E-state index is 14.4. The van der Waals surface area contributed by atoms with Gasteiger partial charge < -0.3 is 4.74 Å². The van der Waals surface area contributed by atoms with Crippen molar-refractivity contribution in [2.45, 2.75) is 13.8 Å². The van der Waals surface area contributed by atoms with Gasteiger partial charge in [-0.25, -0.2) is 9.37 Å². The minimum absolute atomic E-state index is 0.148. The summed E-state index contributed by atoms with van der Waals surface area (Å²) in [6, 6.07) is 8.72. The smallest absolute Gasteiger partial charge is 0.183 e. The van der Waals surface area contributed by atoms with Gasteiger partial charge in [-0.3, -0.25) is 4.40 Å². The summed E-state index contributed by atoms with van der Waals surface area (Å²) < 4.78 is 21.4. The first-order valence-corrected chi connectivity index (χ1v) is 8.03. The lowest BCUT2D eigenvalue weighted by Gasteiger charge is -2.09. The van der Waals surface area contributed by atoms with Crippen LogP contribution in [-0.2, 0) is 0 Å². The Bertz CT molecular complexity index is 1140. The third-order valence-corrected chi connectivity index (χ3v) is 4.44. The molecule has 0 radical (unpaired) electrons. The Morgan fingerprint density at radius 3 is 2.64 bits per heavy atom. The quantitative estimate of drug-likeness (QED) is 0.535. The molecule has 0 aliphatic carbocycles. The van der Waals surface area contributed by atoms with Gasteiger partial charge in [-0.15, -0.1) is 10.2 Å². The molecule has 0 amide bonds. The molecule has 0 saturated heterocycles. The molecule has 0 aliphatic rings. The van der Waals surface area contributed by atoms with Gasteiger partial charge >= 0.3 is 0 Å². The number of rotatable bonds is 2. The number of fused-ring (bicyclic) bond motifs is 3. The zero-order valence-corrected chi connectivity index (χ0v) is 14.6. The third-order valence-electron chi connectivity index (χ3n) is 4.12. The molecule has 0 aliphatic heterocycles. The molecule has 0 N–H and O–H groups in total. The molecule has 0 unspecified atom stereocenters. The van der Waals surface area contributed by atoms with Gasteiger partial charge in [0.2, 0.25) is 0 Å². The highest BCUT2D eigenvalue weighted by Crippen LogP contribution is 2.32. The summed E-state index contributed by atoms with van der Waals surface area (Å²) in [6.45, 7) is 3.80. The van der Waals surface area contributed by atoms with Crippen LogP contribution in [-0.4, -0.2) is 26.7 Å². The molecular weight excluding hydrogens is 343 g/mol. The normalized spacial score (nSPS) is 11.4. The fraction of sp³-hybridized carbons (Fsp3) is 0.167. The Hall–Kier alpha value is -2.73. The van der Waals surface area contributed by atoms with E-state index in [4.69, 9.17) is 16.3 Å². The number of nitrogens with zero attached hydrogens (tertiary/aromatic N) is 4. The number of hydrogen-bond donors (Lipinski definition) is 0. The average molecular weight is 357 g/mol. The van der Waals surface area contributed by atoms with Gasteiger partial charge in [0.05, 0.1) is 23.3 Å². The van der Waals surface area contributed by atoms with Crippen molar-refractivity contribution in [3.05, 3.63) is 52.4 Å². The SMILES string of the molecule is COc1cc(F)c2nnc3c(C)nc(-c4ccc(C)cc4Cl)n3c2c1. The van der Waals surface area contributed by atoms with Gasteiger partial charge in [0, 0.05) is 17.7 Å². The van der Waals surface area contributed by atoms with Crippen molar-refractivity contribution in [1.82, 2.24) is 19.6 Å². The van der Waals surface area contributed by atoms with E-state index in [9.17, 15) is 4.39 Å². The summed E-state index contributed by atoms with van der Waals surface area (Å²) in [5.41, 5.74) is 3.69. The molecule has 0 fully saturated rings. The molecule has 4 rings (SSSR count). The summed E-state index contributed by atoms with van der Waals surface area (Å²) in [5, 5.41) is 8.73. The number of ether oxygens (including phenoxy) is 1. The first-order valence-electron chi connectivity index (χ1n) is 7.65. The predicted octanol–water partition coefficient (Wildman–Crippen LogP) is 4.36. The molecule has 126 valence electrons. The Kier molecular flexibility index (Phi) is 3.58. The summed E-state index contributed by atoms with van der Waals surface area (Å²) >= 11 is 6.43. The number of aryl methyl sites for hydroxylation is 2. The van der Waals surface area contributed by atoms with E-state index in [2.05, 4.69) is 15.2 Å². The van der Waals surface area contributed by atoms with Crippen molar-refractivity contribution in [1.29, 1.82) is 0 Å². The number of halogens is 2. The number of methoxy groups -OCH3 is 1. The number of imidazole rings is 1. The fourth-order valence-electron chi connectivity index (χ4n) is 2.89. The molecule has 5 nitrogen and oxygen atoms in total. The Labute approximate surface area is 148 Å². The van der Waals surface area contributed by atoms with Crippen LogP contribution >= 0.6 is 11.6 Å². The van der Waals surface area contributed by atoms with E-state index in [1.165, 1.54) is 13.2 Å². The molecule has 7 heteroatoms. The van der Waals surface area contributed by atoms with Gasteiger partial charge in [0.15, 0.2) is 11.5 Å². The van der Waals surface area contributed by atoms with Gasteiger partial charge in [0.1, 0.15) is 17.1 Å². The molecule has 25 heavy (non-hydrogen) atoms. The van der Waals surface area contributed by atoms with Crippen LogP contribution < -0.4 is 4.74 Å². The van der Waals surface area contributed by atoms with Crippen LogP contribution in [0.25, 0.3) is 28.1 Å². The Morgan fingerprint density at radius 2 is 1.92 bits per heavy atom. The van der Waals surface area contributed by atoms with Crippen molar-refractivity contribution in [2.75, 3.05) is 7.11 Å². The van der Waals surface area contributed by atoms with E-state index < -0.39 is 5.82 Å². The van der Waals surface area contributed by atoms with Crippen LogP contribution in [0.4, 0.5) is 4.39 Å². The highest BCUT2D eigenvalue weighted by atomic mass is 35.5. The lowest BCUT2D eigenvalue weighted by atomic mass is 10.1. The van der Waals surface area contributed by atoms with Crippen LogP contribution in [0, 0.1) is 19.7 Å². The van der Waals surface area contributed by atoms with E-state index in [1.807, 2.05) is 32.0 Å². The first kappa shape index (κ1) is 15.8. The van der Waals surface area contributed by atoms with Crippen molar-refractivity contribution < 1.29 is 9.13 Å². The highest BCUT2D eigenvalue weighted by molar-refractivity contribution is 6.33. The predicted molar refractivity (Wildman–Crippen MR) is 94.7 cm³/mol. The van der Waals surface area contributed by atoms with Gasteiger partial charge in [0.25, 0.3) is 0 Å². The lowest BCUT2D eigenvalue weighted by Crippen LogP contribution is -2.00. The zero-order valence-electron chi connectivity index (χ0n) is 13.8. The van der Waals surface area contributed by atoms with E-state index >= 15 is 0 Å². The molecule has 0 saturated carbocycles. The maximum absolute atomic E-state index is 14.4. The summed E-state index contributed by atoms with van der Waals surface area (Å²) in [6.07, 6.45) is 0. The van der Waals surface area contributed by atoms with Crippen molar-refractivity contribution >= 4 is 28.3 Å². The van der Waals surface area contributed by atoms with Crippen LogP contribution in [0.3, 0.4) is 0 Å². The average Bonchev–Trinajstić information content (AvgIpc) is 2.92. The van der Waals surface area contributed by atoms with Gasteiger partial charge in [-0.05, 0) is 31.5 Å². The second kappa shape index (κ2) is 5.67. The number of hydrogen-bond acceptors (Lipinski definition) is 4. The fourth-order valence-corrected chi connectivity index (χ4v) is 3.21. The van der Waals surface area contributed by atoms with Crippen molar-refractivity contribution in [3.8, 4) is 17.1 Å². The zero-order chi connectivity index (χ0) is 17.7. The monoisotopic (exact) mass is 356 g/mol. The molecule has 0 atom stereocenters. The van der Waals surface area contributed by atoms with E-state index in [0.29, 0.717) is 33.5 Å². The Balaban J connectivity index is 2.17. The minimum atomic E-state index is -0.504. The summed E-state index contributed by atoms with van der Waals surface area (Å²) in [4.78, 5) is 4.60. The van der Waals surface area contributed by atoms with E-state index in [-0.39, 0.29) is 5.52 Å². The Morgan fingerprint density at radius 1 is 1.12 bits per heavy atom. The number of aromatic nitrogens is 4. The highest BCUT2D eigenvalue weighted by Gasteiger charge is 2.19. The lowest BCUT2D eigenvalue weighted by molar-refractivity contribution is 0.412. The minimum Gasteiger partial charge on any atom is -0.497 e. The van der Waals surface area contributed by atoms with Gasteiger partial charge in [-0.1, -0.05) is 17.7 Å². The topological polar surface area (TPSA) is 52.3 Å². The number of benzene rings is 2. The van der Waals surface area contributed by atoms with E-state index in [1.54, 1.807) is 10.5 Å². The molecular formula is C18H14ClFN4O. The molecule has 0 bridgehead atoms. The van der Waals surface area contributed by atoms with Crippen LogP contribution in [0.5, 0.6) is 5.75 Å². The van der Waals surface area contributed by atoms with Crippen LogP contribution in [0.2, 0.25) is 5.02 Å². The second-order valence-corrected chi connectivity index (χ2v) is 6.25. The molecule has 2 aromatic heterocycles. The van der Waals surface area contributed by atoms with Crippen LogP contribution in [0.1, 0.15) is 11.3 Å². The largest absolute Gasteiger partial charge is 0.497 e. The molecule has 2 aromatic carbocycles. The van der Waals surface area contributed by atoms with Crippen molar-refractivity contribution in [2.24, 2.45) is 0 Å². The van der Waals surface area contributed by atoms with Crippen LogP contribution in [0.15, 0.2) is 30.3 Å². The molecule has 0 spiro atoms. The third kappa shape index (κ3) is 2.41. The first-order chi connectivity index (χ1) is 12.0. The molecule has 2 heterocycles. The molecule has 4 aromatic rings. The maximum Gasteiger partial charge on any atom is 0.183 e. The van der Waals surface area contributed by atoms with Crippen molar-refractivity contribution in [3.63, 3.8) is 0 Å².